The Balaban J connectivity index is 0.000000641. The molecule has 0 saturated heterocycles. The van der Waals surface area contributed by atoms with Gasteiger partial charge in [0.25, 0.3) is 0 Å². The first-order valence-corrected chi connectivity index (χ1v) is 11.8. The van der Waals surface area contributed by atoms with Crippen LogP contribution in [0, 0.1) is 5.92 Å². The molecule has 1 unspecified atom stereocenters. The largest absolute Gasteiger partial charge is 0.495 e. The van der Waals surface area contributed by atoms with Crippen molar-refractivity contribution in [3.63, 3.8) is 0 Å². The second kappa shape index (κ2) is 13.9. The number of rotatable bonds is 9. The topological polar surface area (TPSA) is 125 Å². The van der Waals surface area contributed by atoms with E-state index in [1.54, 1.807) is 18.4 Å². The summed E-state index contributed by atoms with van der Waals surface area (Å²) in [6.07, 6.45) is 1.07. The van der Waals surface area contributed by atoms with E-state index in [0.717, 1.165) is 12.0 Å². The van der Waals surface area contributed by atoms with Gasteiger partial charge in [0, 0.05) is 4.88 Å². The lowest BCUT2D eigenvalue weighted by Crippen LogP contribution is -2.31. The number of carbonyl (C=O) groups is 3. The average Bonchev–Trinajstić information content (AvgIpc) is 3.35. The number of hydrogen-bond acceptors (Lipinski definition) is 6. The van der Waals surface area contributed by atoms with Gasteiger partial charge in [0.15, 0.2) is 0 Å². The van der Waals surface area contributed by atoms with Crippen LogP contribution in [0.25, 0.3) is 0 Å². The predicted octanol–water partition coefficient (Wildman–Crippen LogP) is 4.43. The molecular weight excluding hydrogens is 468 g/mol. The van der Waals surface area contributed by atoms with Gasteiger partial charge in [-0.25, -0.2) is 9.59 Å². The molecule has 4 N–H and O–H groups in total. The molecule has 0 aliphatic rings. The highest BCUT2D eigenvalue weighted by Gasteiger charge is 2.17. The van der Waals surface area contributed by atoms with Crippen LogP contribution >= 0.6 is 11.3 Å². The number of benzene rings is 2. The normalized spacial score (nSPS) is 11.2. The SMILES string of the molecule is COc1ccccc1NC(=O)CNC(c1ccc(CC(C)C)cc1)c1cccs1.O=C(O)C(=O)O. The number of thiophene rings is 1. The molecule has 0 aliphatic heterocycles. The molecule has 0 radical (unpaired) electrons. The summed E-state index contributed by atoms with van der Waals surface area (Å²) in [4.78, 5) is 31.9. The van der Waals surface area contributed by atoms with Crippen LogP contribution in [0.5, 0.6) is 5.75 Å². The van der Waals surface area contributed by atoms with Gasteiger partial charge in [-0.15, -0.1) is 11.3 Å². The summed E-state index contributed by atoms with van der Waals surface area (Å²) in [6.45, 7) is 4.66. The molecule has 3 aromatic rings. The number of hydrogen-bond donors (Lipinski definition) is 4. The lowest BCUT2D eigenvalue weighted by molar-refractivity contribution is -0.159. The summed E-state index contributed by atoms with van der Waals surface area (Å²) in [5.41, 5.74) is 3.17. The maximum atomic E-state index is 12.5. The number of nitrogens with one attached hydrogen (secondary N) is 2. The van der Waals surface area contributed by atoms with Crippen molar-refractivity contribution in [2.24, 2.45) is 5.92 Å². The smallest absolute Gasteiger partial charge is 0.414 e. The van der Waals surface area contributed by atoms with E-state index < -0.39 is 11.9 Å². The highest BCUT2D eigenvalue weighted by atomic mass is 32.1. The predicted molar refractivity (Wildman–Crippen MR) is 136 cm³/mol. The zero-order chi connectivity index (χ0) is 25.8. The van der Waals surface area contributed by atoms with Crippen LogP contribution in [0.3, 0.4) is 0 Å². The fraction of sp³-hybridized carbons (Fsp3) is 0.269. The third-order valence-electron chi connectivity index (χ3n) is 4.82. The van der Waals surface area contributed by atoms with Crippen molar-refractivity contribution in [1.29, 1.82) is 0 Å². The standard InChI is InChI=1S/C24H28N2O2S.C2H2O4/c1-17(2)15-18-10-12-19(13-11-18)24(22-9-6-14-29-22)25-16-23(27)26-20-7-4-5-8-21(20)28-3;3-1(4)2(5)6/h4-14,17,24-25H,15-16H2,1-3H3,(H,26,27);(H,3,4)(H,5,6). The second-order valence-corrected chi connectivity index (χ2v) is 9.01. The zero-order valence-electron chi connectivity index (χ0n) is 19.9. The quantitative estimate of drug-likeness (QED) is 0.322. The first kappa shape index (κ1) is 27.6. The summed E-state index contributed by atoms with van der Waals surface area (Å²) in [5, 5.41) is 23.2. The van der Waals surface area contributed by atoms with E-state index in [1.807, 2.05) is 30.3 Å². The van der Waals surface area contributed by atoms with Gasteiger partial charge in [-0.2, -0.15) is 0 Å². The molecule has 186 valence electrons. The first-order chi connectivity index (χ1) is 16.7. The number of ether oxygens (including phenoxy) is 1. The molecule has 1 amide bonds. The molecule has 1 aromatic heterocycles. The minimum Gasteiger partial charge on any atom is -0.495 e. The summed E-state index contributed by atoms with van der Waals surface area (Å²) in [5.74, 6) is -2.47. The second-order valence-electron chi connectivity index (χ2n) is 8.03. The number of carboxylic acids is 2. The molecule has 1 atom stereocenters. The summed E-state index contributed by atoms with van der Waals surface area (Å²) >= 11 is 1.69. The minimum atomic E-state index is -1.82. The average molecular weight is 499 g/mol. The molecule has 0 spiro atoms. The summed E-state index contributed by atoms with van der Waals surface area (Å²) < 4.78 is 5.31. The number of methoxy groups -OCH3 is 1. The third-order valence-corrected chi connectivity index (χ3v) is 5.75. The minimum absolute atomic E-state index is 0.0217. The highest BCUT2D eigenvalue weighted by molar-refractivity contribution is 7.10. The van der Waals surface area contributed by atoms with Crippen LogP contribution in [0.4, 0.5) is 5.69 Å². The summed E-state index contributed by atoms with van der Waals surface area (Å²) in [7, 11) is 1.60. The number of amides is 1. The van der Waals surface area contributed by atoms with Crippen LogP contribution in [0.2, 0.25) is 0 Å². The Morgan fingerprint density at radius 2 is 1.60 bits per heavy atom. The highest BCUT2D eigenvalue weighted by Crippen LogP contribution is 2.27. The molecule has 1 heterocycles. The van der Waals surface area contributed by atoms with E-state index in [1.165, 1.54) is 10.4 Å². The Kier molecular flexibility index (Phi) is 10.9. The molecular formula is C26H30N2O6S. The van der Waals surface area contributed by atoms with Gasteiger partial charge in [0.05, 0.1) is 25.4 Å². The number of para-hydroxylation sites is 2. The fourth-order valence-corrected chi connectivity index (χ4v) is 4.12. The van der Waals surface area contributed by atoms with Gasteiger partial charge >= 0.3 is 11.9 Å². The van der Waals surface area contributed by atoms with Gasteiger partial charge in [-0.3, -0.25) is 10.1 Å². The lowest BCUT2D eigenvalue weighted by atomic mass is 9.99. The molecule has 0 saturated carbocycles. The third kappa shape index (κ3) is 9.23. The van der Waals surface area contributed by atoms with Crippen molar-refractivity contribution in [3.8, 4) is 5.75 Å². The van der Waals surface area contributed by atoms with Gasteiger partial charge in [-0.05, 0) is 47.0 Å². The Hall–Kier alpha value is -3.69. The molecule has 0 fully saturated rings. The van der Waals surface area contributed by atoms with E-state index in [4.69, 9.17) is 24.5 Å². The van der Waals surface area contributed by atoms with Crippen molar-refractivity contribution in [3.05, 3.63) is 82.0 Å². The Morgan fingerprint density at radius 1 is 0.943 bits per heavy atom. The van der Waals surface area contributed by atoms with Crippen LogP contribution in [0.1, 0.15) is 35.9 Å². The maximum Gasteiger partial charge on any atom is 0.414 e. The molecule has 35 heavy (non-hydrogen) atoms. The molecule has 3 rings (SSSR count). The van der Waals surface area contributed by atoms with E-state index in [2.05, 4.69) is 60.2 Å². The van der Waals surface area contributed by atoms with Crippen LogP contribution in [-0.4, -0.2) is 41.7 Å². The van der Waals surface area contributed by atoms with Crippen molar-refractivity contribution >= 4 is 34.9 Å². The fourth-order valence-electron chi connectivity index (χ4n) is 3.29. The lowest BCUT2D eigenvalue weighted by Gasteiger charge is -2.19. The van der Waals surface area contributed by atoms with E-state index in [9.17, 15) is 4.79 Å². The Bertz CT molecular complexity index is 1090. The van der Waals surface area contributed by atoms with E-state index in [0.29, 0.717) is 17.4 Å². The van der Waals surface area contributed by atoms with Crippen LogP contribution < -0.4 is 15.4 Å². The first-order valence-electron chi connectivity index (χ1n) is 11.0. The van der Waals surface area contributed by atoms with Crippen LogP contribution in [0.15, 0.2) is 66.0 Å². The van der Waals surface area contributed by atoms with Gasteiger partial charge in [0.1, 0.15) is 5.75 Å². The maximum absolute atomic E-state index is 12.5. The molecule has 8 nitrogen and oxygen atoms in total. The van der Waals surface area contributed by atoms with Crippen molar-refractivity contribution in [2.45, 2.75) is 26.3 Å². The molecule has 2 aromatic carbocycles. The van der Waals surface area contributed by atoms with E-state index >= 15 is 0 Å². The Morgan fingerprint density at radius 3 is 2.14 bits per heavy atom. The number of carboxylic acid groups (broad SMARTS) is 2. The monoisotopic (exact) mass is 498 g/mol. The van der Waals surface area contributed by atoms with Crippen molar-refractivity contribution < 1.29 is 29.3 Å². The van der Waals surface area contributed by atoms with E-state index in [-0.39, 0.29) is 18.5 Å². The van der Waals surface area contributed by atoms with Gasteiger partial charge < -0.3 is 20.3 Å². The van der Waals surface area contributed by atoms with Crippen molar-refractivity contribution in [2.75, 3.05) is 19.0 Å². The van der Waals surface area contributed by atoms with Crippen LogP contribution in [-0.2, 0) is 20.8 Å². The Labute approximate surface area is 208 Å². The van der Waals surface area contributed by atoms with Crippen molar-refractivity contribution in [1.82, 2.24) is 5.32 Å². The van der Waals surface area contributed by atoms with Gasteiger partial charge in [-0.1, -0.05) is 56.3 Å². The summed E-state index contributed by atoms with van der Waals surface area (Å²) in [6, 6.07) is 20.2. The zero-order valence-corrected chi connectivity index (χ0v) is 20.7. The van der Waals surface area contributed by atoms with Gasteiger partial charge in [0.2, 0.25) is 5.91 Å². The molecule has 0 bridgehead atoms. The molecule has 9 heteroatoms. The number of anilines is 1. The number of carbonyl (C=O) groups excluding carboxylic acids is 1. The number of aliphatic carboxylic acids is 2. The molecule has 0 aliphatic carbocycles.